The number of fused-ring (bicyclic) bond motifs is 1. The number of nitrogens with one attached hydrogen (secondary N) is 1. The molecule has 168 valence electrons. The summed E-state index contributed by atoms with van der Waals surface area (Å²) in [5, 5.41) is 11.3. The molecule has 0 spiro atoms. The van der Waals surface area contributed by atoms with Crippen LogP contribution in [0.3, 0.4) is 0 Å². The lowest BCUT2D eigenvalue weighted by atomic mass is 9.81. The number of rotatable bonds is 7. The maximum Gasteiger partial charge on any atom is 0.161 e. The Bertz CT molecular complexity index is 994. The first kappa shape index (κ1) is 22.4. The van der Waals surface area contributed by atoms with Crippen molar-refractivity contribution in [3.05, 3.63) is 95.1 Å². The number of hydrogen-bond acceptors (Lipinski definition) is 3. The molecule has 2 N–H and O–H groups in total. The van der Waals surface area contributed by atoms with E-state index in [0.29, 0.717) is 17.4 Å². The van der Waals surface area contributed by atoms with Crippen molar-refractivity contribution >= 4 is 0 Å². The zero-order valence-corrected chi connectivity index (χ0v) is 19.5. The van der Waals surface area contributed by atoms with Crippen LogP contribution in [0.15, 0.2) is 72.8 Å². The van der Waals surface area contributed by atoms with Crippen LogP contribution in [0.2, 0.25) is 0 Å². The maximum absolute atomic E-state index is 11.3. The van der Waals surface area contributed by atoms with Crippen LogP contribution in [0, 0.1) is 0 Å². The third kappa shape index (κ3) is 4.25. The van der Waals surface area contributed by atoms with Gasteiger partial charge >= 0.3 is 0 Å². The fourth-order valence-electron chi connectivity index (χ4n) is 5.01. The first-order valence-corrected chi connectivity index (χ1v) is 11.3. The molecule has 0 fully saturated rings. The normalized spacial score (nSPS) is 19.4. The summed E-state index contributed by atoms with van der Waals surface area (Å²) in [5.41, 5.74) is 4.42. The zero-order valence-electron chi connectivity index (χ0n) is 19.5. The van der Waals surface area contributed by atoms with E-state index in [4.69, 9.17) is 9.47 Å². The van der Waals surface area contributed by atoms with Gasteiger partial charge in [0, 0.05) is 17.9 Å². The maximum atomic E-state index is 11.3. The first-order valence-electron chi connectivity index (χ1n) is 11.3. The molecule has 0 saturated heterocycles. The number of aliphatic hydroxyl groups excluding tert-OH is 1. The number of benzene rings is 3. The highest BCUT2D eigenvalue weighted by molar-refractivity contribution is 5.49. The molecule has 0 aliphatic carbocycles. The minimum atomic E-state index is -0.576. The van der Waals surface area contributed by atoms with Gasteiger partial charge in [-0.15, -0.1) is 0 Å². The molecule has 3 aromatic rings. The molecular weight excluding hydrogens is 398 g/mol. The molecule has 32 heavy (non-hydrogen) atoms. The summed E-state index contributed by atoms with van der Waals surface area (Å²) in [4.78, 5) is 1.38. The molecule has 1 heterocycles. The smallest absolute Gasteiger partial charge is 0.161 e. The van der Waals surface area contributed by atoms with Gasteiger partial charge in [0.2, 0.25) is 0 Å². The van der Waals surface area contributed by atoms with Gasteiger partial charge in [-0.25, -0.2) is 0 Å². The summed E-state index contributed by atoms with van der Waals surface area (Å²) < 4.78 is 11.0. The van der Waals surface area contributed by atoms with E-state index in [-0.39, 0.29) is 5.54 Å². The second-order valence-corrected chi connectivity index (χ2v) is 9.22. The highest BCUT2D eigenvalue weighted by Crippen LogP contribution is 2.38. The molecule has 4 nitrogen and oxygen atoms in total. The van der Waals surface area contributed by atoms with Gasteiger partial charge in [-0.2, -0.15) is 0 Å². The summed E-state index contributed by atoms with van der Waals surface area (Å²) in [6.07, 6.45) is 0.426. The van der Waals surface area contributed by atoms with E-state index in [0.717, 1.165) is 30.6 Å². The molecule has 0 radical (unpaired) electrons. The molecule has 1 aliphatic heterocycles. The topological polar surface area (TPSA) is 43.1 Å². The Kier molecular flexibility index (Phi) is 6.54. The SMILES string of the molecule is COc1cc2c(cc1OC)[C@@H](O)C(C)(C)[NH+](CCC(c1ccccc1)c1ccccc1)C2. The Labute approximate surface area is 191 Å². The lowest BCUT2D eigenvalue weighted by molar-refractivity contribution is -0.969. The van der Waals surface area contributed by atoms with Crippen LogP contribution in [0.5, 0.6) is 11.5 Å². The van der Waals surface area contributed by atoms with E-state index in [1.165, 1.54) is 16.0 Å². The van der Waals surface area contributed by atoms with Crippen molar-refractivity contribution in [1.82, 2.24) is 0 Å². The van der Waals surface area contributed by atoms with Gasteiger partial charge in [0.05, 0.1) is 20.8 Å². The van der Waals surface area contributed by atoms with E-state index in [1.807, 2.05) is 12.1 Å². The molecule has 0 saturated carbocycles. The monoisotopic (exact) mass is 432 g/mol. The van der Waals surface area contributed by atoms with Gasteiger partial charge in [0.25, 0.3) is 0 Å². The zero-order chi connectivity index (χ0) is 22.7. The quantitative estimate of drug-likeness (QED) is 0.590. The number of methoxy groups -OCH3 is 2. The van der Waals surface area contributed by atoms with Gasteiger partial charge in [-0.3, -0.25) is 0 Å². The van der Waals surface area contributed by atoms with E-state index >= 15 is 0 Å². The van der Waals surface area contributed by atoms with Gasteiger partial charge in [-0.05, 0) is 42.7 Å². The van der Waals surface area contributed by atoms with Crippen LogP contribution in [-0.2, 0) is 6.54 Å². The standard InChI is InChI=1S/C28H33NO3/c1-28(2)27(30)24-18-26(32-4)25(31-3)17-22(24)19-29(28)16-15-23(20-11-7-5-8-12-20)21-13-9-6-10-14-21/h5-14,17-18,23,27,30H,15-16,19H2,1-4H3/p+1/t27-/m1/s1. The van der Waals surface area contributed by atoms with Crippen molar-refractivity contribution in [1.29, 1.82) is 0 Å². The Morgan fingerprint density at radius 2 is 1.44 bits per heavy atom. The summed E-state index contributed by atoms with van der Waals surface area (Å²) in [6.45, 7) is 6.11. The summed E-state index contributed by atoms with van der Waals surface area (Å²) in [6, 6.07) is 25.4. The largest absolute Gasteiger partial charge is 0.493 e. The third-order valence-electron chi connectivity index (χ3n) is 7.08. The van der Waals surface area contributed by atoms with E-state index in [9.17, 15) is 5.11 Å². The molecule has 3 aromatic carbocycles. The van der Waals surface area contributed by atoms with Crippen LogP contribution >= 0.6 is 0 Å². The third-order valence-corrected chi connectivity index (χ3v) is 7.08. The van der Waals surface area contributed by atoms with E-state index in [2.05, 4.69) is 74.5 Å². The van der Waals surface area contributed by atoms with Crippen LogP contribution in [0.1, 0.15) is 54.5 Å². The van der Waals surface area contributed by atoms with Crippen LogP contribution in [0.25, 0.3) is 0 Å². The van der Waals surface area contributed by atoms with Crippen molar-refractivity contribution < 1.29 is 19.5 Å². The Morgan fingerprint density at radius 3 is 1.97 bits per heavy atom. The average molecular weight is 433 g/mol. The first-order chi connectivity index (χ1) is 15.5. The van der Waals surface area contributed by atoms with Crippen LogP contribution < -0.4 is 14.4 Å². The fraction of sp³-hybridized carbons (Fsp3) is 0.357. The summed E-state index contributed by atoms with van der Waals surface area (Å²) in [5.74, 6) is 1.70. The number of quaternary nitrogens is 1. The van der Waals surface area contributed by atoms with Gasteiger partial charge < -0.3 is 19.5 Å². The second-order valence-electron chi connectivity index (χ2n) is 9.22. The number of hydrogen-bond donors (Lipinski definition) is 2. The number of aliphatic hydroxyl groups is 1. The van der Waals surface area contributed by atoms with Gasteiger partial charge in [-0.1, -0.05) is 60.7 Å². The fourth-order valence-corrected chi connectivity index (χ4v) is 5.01. The minimum absolute atomic E-state index is 0.315. The predicted octanol–water partition coefficient (Wildman–Crippen LogP) is 4.14. The molecule has 1 aliphatic rings. The number of ether oxygens (including phenoxy) is 2. The highest BCUT2D eigenvalue weighted by Gasteiger charge is 2.45. The van der Waals surface area contributed by atoms with E-state index in [1.54, 1.807) is 14.2 Å². The molecule has 4 heteroatoms. The Morgan fingerprint density at radius 1 is 0.906 bits per heavy atom. The molecule has 0 aromatic heterocycles. The molecule has 0 bridgehead atoms. The molecule has 1 unspecified atom stereocenters. The molecular formula is C28H34NO3+. The molecule has 2 atom stereocenters. The van der Waals surface area contributed by atoms with Crippen molar-refractivity contribution in [3.63, 3.8) is 0 Å². The predicted molar refractivity (Wildman–Crippen MR) is 127 cm³/mol. The highest BCUT2D eigenvalue weighted by atomic mass is 16.5. The molecule has 4 rings (SSSR count). The van der Waals surface area contributed by atoms with Gasteiger partial charge in [0.1, 0.15) is 18.2 Å². The Balaban J connectivity index is 1.62. The van der Waals surface area contributed by atoms with Crippen molar-refractivity contribution in [2.24, 2.45) is 0 Å². The van der Waals surface area contributed by atoms with Crippen molar-refractivity contribution in [2.45, 2.75) is 44.4 Å². The summed E-state index contributed by atoms with van der Waals surface area (Å²) in [7, 11) is 3.29. The lowest BCUT2D eigenvalue weighted by Crippen LogP contribution is -3.19. The van der Waals surface area contributed by atoms with E-state index < -0.39 is 6.10 Å². The minimum Gasteiger partial charge on any atom is -0.493 e. The van der Waals surface area contributed by atoms with Gasteiger partial charge in [0.15, 0.2) is 11.5 Å². The lowest BCUT2D eigenvalue weighted by Gasteiger charge is -2.44. The molecule has 0 amide bonds. The Hall–Kier alpha value is -2.82. The second kappa shape index (κ2) is 9.35. The van der Waals surface area contributed by atoms with Crippen molar-refractivity contribution in [3.8, 4) is 11.5 Å². The van der Waals surface area contributed by atoms with Crippen LogP contribution in [0.4, 0.5) is 0 Å². The average Bonchev–Trinajstić information content (AvgIpc) is 2.83. The summed E-state index contributed by atoms with van der Waals surface area (Å²) >= 11 is 0. The van der Waals surface area contributed by atoms with Crippen LogP contribution in [-0.4, -0.2) is 31.4 Å². The van der Waals surface area contributed by atoms with Crippen molar-refractivity contribution in [2.75, 3.05) is 20.8 Å².